The molecule has 114 valence electrons. The van der Waals surface area contributed by atoms with E-state index >= 15 is 0 Å². The molecule has 0 atom stereocenters. The summed E-state index contributed by atoms with van der Waals surface area (Å²) >= 11 is 11.7. The Hall–Kier alpha value is -2.04. The smallest absolute Gasteiger partial charge is 0.340 e. The Kier molecular flexibility index (Phi) is 5.41. The van der Waals surface area contributed by atoms with E-state index in [4.69, 9.17) is 27.9 Å². The van der Waals surface area contributed by atoms with E-state index in [-0.39, 0.29) is 10.6 Å². The molecule has 0 saturated carbocycles. The summed E-state index contributed by atoms with van der Waals surface area (Å²) in [7, 11) is 0. The van der Waals surface area contributed by atoms with Gasteiger partial charge in [0.15, 0.2) is 6.61 Å². The molecule has 0 aliphatic rings. The lowest BCUT2D eigenvalue weighted by atomic mass is 10.2. The van der Waals surface area contributed by atoms with Crippen LogP contribution < -0.4 is 5.32 Å². The second-order valence-corrected chi connectivity index (χ2v) is 5.41. The molecule has 1 N–H and O–H groups in total. The molecule has 2 aromatic rings. The first kappa shape index (κ1) is 16.3. The van der Waals surface area contributed by atoms with Crippen LogP contribution in [0.25, 0.3) is 0 Å². The minimum absolute atomic E-state index is 0.123. The Morgan fingerprint density at radius 2 is 1.86 bits per heavy atom. The average molecular weight is 338 g/mol. The number of ether oxygens (including phenoxy) is 1. The van der Waals surface area contributed by atoms with Crippen molar-refractivity contribution >= 4 is 40.8 Å². The van der Waals surface area contributed by atoms with Gasteiger partial charge in [-0.15, -0.1) is 0 Å². The Morgan fingerprint density at radius 3 is 2.59 bits per heavy atom. The molecule has 2 aromatic carbocycles. The zero-order chi connectivity index (χ0) is 16.1. The molecular formula is C16H13Cl2NO3. The molecule has 6 heteroatoms. The molecule has 4 nitrogen and oxygen atoms in total. The summed E-state index contributed by atoms with van der Waals surface area (Å²) in [6.45, 7) is 1.46. The van der Waals surface area contributed by atoms with Crippen LogP contribution >= 0.6 is 23.2 Å². The number of anilines is 1. The molecule has 1 amide bonds. The highest BCUT2D eigenvalue weighted by Crippen LogP contribution is 2.21. The van der Waals surface area contributed by atoms with Gasteiger partial charge in [-0.25, -0.2) is 4.79 Å². The highest BCUT2D eigenvalue weighted by molar-refractivity contribution is 6.35. The first-order valence-electron chi connectivity index (χ1n) is 6.45. The fourth-order valence-corrected chi connectivity index (χ4v) is 2.13. The van der Waals surface area contributed by atoms with E-state index < -0.39 is 18.5 Å². The maximum Gasteiger partial charge on any atom is 0.340 e. The molecule has 0 aliphatic carbocycles. The Balaban J connectivity index is 1.95. The van der Waals surface area contributed by atoms with Crippen LogP contribution in [-0.2, 0) is 9.53 Å². The molecule has 0 spiro atoms. The van der Waals surface area contributed by atoms with Crippen LogP contribution in [0.5, 0.6) is 0 Å². The first-order valence-corrected chi connectivity index (χ1v) is 7.20. The lowest BCUT2D eigenvalue weighted by Crippen LogP contribution is -2.21. The lowest BCUT2D eigenvalue weighted by Gasteiger charge is -2.09. The largest absolute Gasteiger partial charge is 0.452 e. The number of aryl methyl sites for hydroxylation is 1. The fraction of sp³-hybridized carbons (Fsp3) is 0.125. The summed E-state index contributed by atoms with van der Waals surface area (Å²) in [6.07, 6.45) is 0. The van der Waals surface area contributed by atoms with Crippen LogP contribution in [0.3, 0.4) is 0 Å². The minimum Gasteiger partial charge on any atom is -0.452 e. The number of carbonyl (C=O) groups excluding carboxylic acids is 2. The number of benzene rings is 2. The van der Waals surface area contributed by atoms with Crippen molar-refractivity contribution < 1.29 is 14.3 Å². The minimum atomic E-state index is -0.701. The summed E-state index contributed by atoms with van der Waals surface area (Å²) in [5.74, 6) is -1.13. The van der Waals surface area contributed by atoms with Crippen LogP contribution in [0, 0.1) is 6.92 Å². The van der Waals surface area contributed by atoms with Gasteiger partial charge in [-0.1, -0.05) is 41.4 Å². The van der Waals surface area contributed by atoms with Crippen LogP contribution in [0.1, 0.15) is 15.9 Å². The number of hydrogen-bond donors (Lipinski definition) is 1. The molecular weight excluding hydrogens is 325 g/mol. The molecule has 0 saturated heterocycles. The molecule has 2 rings (SSSR count). The zero-order valence-corrected chi connectivity index (χ0v) is 13.2. The van der Waals surface area contributed by atoms with Gasteiger partial charge in [0.05, 0.1) is 10.6 Å². The SMILES string of the molecule is Cc1ccccc1NC(=O)COC(=O)c1cc(Cl)ccc1Cl. The van der Waals surface area contributed by atoms with Gasteiger partial charge in [0, 0.05) is 10.7 Å². The van der Waals surface area contributed by atoms with Gasteiger partial charge >= 0.3 is 5.97 Å². The van der Waals surface area contributed by atoms with Gasteiger partial charge in [-0.2, -0.15) is 0 Å². The van der Waals surface area contributed by atoms with Crippen molar-refractivity contribution in [2.24, 2.45) is 0 Å². The number of rotatable bonds is 4. The van der Waals surface area contributed by atoms with Crippen molar-refractivity contribution in [3.63, 3.8) is 0 Å². The van der Waals surface area contributed by atoms with Crippen molar-refractivity contribution in [2.75, 3.05) is 11.9 Å². The lowest BCUT2D eigenvalue weighted by molar-refractivity contribution is -0.119. The van der Waals surface area contributed by atoms with Crippen LogP contribution in [0.4, 0.5) is 5.69 Å². The number of hydrogen-bond acceptors (Lipinski definition) is 3. The summed E-state index contributed by atoms with van der Waals surface area (Å²) in [5, 5.41) is 3.25. The van der Waals surface area contributed by atoms with Crippen LogP contribution in [0.15, 0.2) is 42.5 Å². The summed E-state index contributed by atoms with van der Waals surface area (Å²) in [6, 6.07) is 11.8. The monoisotopic (exact) mass is 337 g/mol. The topological polar surface area (TPSA) is 55.4 Å². The first-order chi connectivity index (χ1) is 10.5. The van der Waals surface area contributed by atoms with Crippen molar-refractivity contribution in [2.45, 2.75) is 6.92 Å². The standard InChI is InChI=1S/C16H13Cl2NO3/c1-10-4-2-3-5-14(10)19-15(20)9-22-16(21)12-8-11(17)6-7-13(12)18/h2-8H,9H2,1H3,(H,19,20). The third-order valence-corrected chi connectivity index (χ3v) is 3.47. The predicted octanol–water partition coefficient (Wildman–Crippen LogP) is 4.10. The van der Waals surface area contributed by atoms with Gasteiger partial charge in [-0.05, 0) is 36.8 Å². The Morgan fingerprint density at radius 1 is 1.14 bits per heavy atom. The maximum absolute atomic E-state index is 11.9. The number of amides is 1. The second kappa shape index (κ2) is 7.29. The van der Waals surface area contributed by atoms with Crippen molar-refractivity contribution in [1.82, 2.24) is 0 Å². The second-order valence-electron chi connectivity index (χ2n) is 4.56. The average Bonchev–Trinajstić information content (AvgIpc) is 2.49. The van der Waals surface area contributed by atoms with Gasteiger partial charge < -0.3 is 10.1 Å². The third-order valence-electron chi connectivity index (χ3n) is 2.90. The quantitative estimate of drug-likeness (QED) is 0.854. The molecule has 0 aliphatic heterocycles. The Labute approximate surface area is 138 Å². The van der Waals surface area contributed by atoms with Gasteiger partial charge in [0.25, 0.3) is 5.91 Å². The van der Waals surface area contributed by atoms with E-state index in [0.29, 0.717) is 10.7 Å². The number of nitrogens with one attached hydrogen (secondary N) is 1. The molecule has 0 heterocycles. The maximum atomic E-state index is 11.9. The fourth-order valence-electron chi connectivity index (χ4n) is 1.76. The number of carbonyl (C=O) groups is 2. The highest BCUT2D eigenvalue weighted by atomic mass is 35.5. The molecule has 22 heavy (non-hydrogen) atoms. The van der Waals surface area contributed by atoms with E-state index in [0.717, 1.165) is 5.56 Å². The van der Waals surface area contributed by atoms with Crippen molar-refractivity contribution in [3.8, 4) is 0 Å². The van der Waals surface area contributed by atoms with Gasteiger partial charge in [0.2, 0.25) is 0 Å². The number of esters is 1. The van der Waals surface area contributed by atoms with Crippen molar-refractivity contribution in [1.29, 1.82) is 0 Å². The van der Waals surface area contributed by atoms with Crippen LogP contribution in [0.2, 0.25) is 10.0 Å². The third kappa shape index (κ3) is 4.23. The summed E-state index contributed by atoms with van der Waals surface area (Å²) < 4.78 is 4.94. The highest BCUT2D eigenvalue weighted by Gasteiger charge is 2.14. The van der Waals surface area contributed by atoms with E-state index in [1.165, 1.54) is 12.1 Å². The van der Waals surface area contributed by atoms with E-state index in [9.17, 15) is 9.59 Å². The zero-order valence-electron chi connectivity index (χ0n) is 11.7. The summed E-state index contributed by atoms with van der Waals surface area (Å²) in [5.41, 5.74) is 1.71. The van der Waals surface area contributed by atoms with Crippen molar-refractivity contribution in [3.05, 3.63) is 63.6 Å². The Bertz CT molecular complexity index is 716. The normalized spacial score (nSPS) is 10.1. The number of halogens is 2. The van der Waals surface area contributed by atoms with Crippen LogP contribution in [-0.4, -0.2) is 18.5 Å². The van der Waals surface area contributed by atoms with Gasteiger partial charge in [-0.3, -0.25) is 4.79 Å². The molecule has 0 unspecified atom stereocenters. The van der Waals surface area contributed by atoms with Gasteiger partial charge in [0.1, 0.15) is 0 Å². The number of para-hydroxylation sites is 1. The summed E-state index contributed by atoms with van der Waals surface area (Å²) in [4.78, 5) is 23.7. The molecule has 0 aromatic heterocycles. The molecule has 0 bridgehead atoms. The predicted molar refractivity (Wildman–Crippen MR) is 86.6 cm³/mol. The van der Waals surface area contributed by atoms with E-state index in [1.807, 2.05) is 19.1 Å². The van der Waals surface area contributed by atoms with E-state index in [2.05, 4.69) is 5.32 Å². The van der Waals surface area contributed by atoms with E-state index in [1.54, 1.807) is 18.2 Å². The molecule has 0 fully saturated rings. The molecule has 0 radical (unpaired) electrons.